The van der Waals surface area contributed by atoms with Crippen molar-refractivity contribution in [2.75, 3.05) is 13.2 Å². The van der Waals surface area contributed by atoms with Gasteiger partial charge in [-0.2, -0.15) is 0 Å². The van der Waals surface area contributed by atoms with Crippen LogP contribution in [0.2, 0.25) is 12.1 Å². The van der Waals surface area contributed by atoms with Gasteiger partial charge in [-0.25, -0.2) is 0 Å². The second-order valence-corrected chi connectivity index (χ2v) is 11.1. The van der Waals surface area contributed by atoms with Crippen molar-refractivity contribution < 1.29 is 8.85 Å². The Hall–Kier alpha value is 0.137. The number of unbranched alkanes of at least 4 members (excludes halogenated alkanes) is 8. The van der Waals surface area contributed by atoms with E-state index in [2.05, 4.69) is 34.6 Å². The van der Waals surface area contributed by atoms with Gasteiger partial charge in [0, 0.05) is 13.2 Å². The van der Waals surface area contributed by atoms with Crippen LogP contribution >= 0.6 is 0 Å². The van der Waals surface area contributed by atoms with Crippen molar-refractivity contribution in [3.63, 3.8) is 0 Å². The van der Waals surface area contributed by atoms with Crippen LogP contribution in [0, 0.1) is 5.92 Å². The number of rotatable bonds is 18. The van der Waals surface area contributed by atoms with Crippen LogP contribution in [0.4, 0.5) is 0 Å². The first-order valence-corrected chi connectivity index (χ1v) is 13.2. The van der Waals surface area contributed by atoms with Gasteiger partial charge in [0.2, 0.25) is 0 Å². The fraction of sp³-hybridized carbons (Fsp3) is 1.00. The minimum atomic E-state index is -1.93. The molecule has 0 unspecified atom stereocenters. The Bertz CT molecular complexity index is 250. The third kappa shape index (κ3) is 11.6. The third-order valence-corrected chi connectivity index (χ3v) is 9.00. The summed E-state index contributed by atoms with van der Waals surface area (Å²) in [6.07, 6.45) is 14.8. The monoisotopic (exact) mass is 358 g/mol. The third-order valence-electron chi connectivity index (χ3n) is 5.43. The predicted molar refractivity (Wildman–Crippen MR) is 110 cm³/mol. The Balaban J connectivity index is 3.80. The molecular formula is C21H46O2Si. The zero-order valence-electron chi connectivity index (χ0n) is 17.5. The minimum Gasteiger partial charge on any atom is -0.394 e. The Morgan fingerprint density at radius 3 is 1.58 bits per heavy atom. The Kier molecular flexibility index (Phi) is 16.7. The van der Waals surface area contributed by atoms with Crippen LogP contribution in [-0.2, 0) is 8.85 Å². The molecule has 0 radical (unpaired) electrons. The summed E-state index contributed by atoms with van der Waals surface area (Å²) in [5, 5.41) is 0. The molecule has 0 aliphatic heterocycles. The smallest absolute Gasteiger partial charge is 0.337 e. The molecule has 0 spiro atoms. The zero-order chi connectivity index (χ0) is 18.1. The molecule has 0 atom stereocenters. The maximum absolute atomic E-state index is 6.37. The first kappa shape index (κ1) is 24.1. The molecule has 0 N–H and O–H groups in total. The van der Waals surface area contributed by atoms with E-state index in [9.17, 15) is 0 Å². The van der Waals surface area contributed by atoms with E-state index in [0.29, 0.717) is 5.92 Å². The molecular weight excluding hydrogens is 312 g/mol. The van der Waals surface area contributed by atoms with Gasteiger partial charge in [-0.1, -0.05) is 98.8 Å². The quantitative estimate of drug-likeness (QED) is 0.187. The van der Waals surface area contributed by atoms with Crippen LogP contribution in [0.1, 0.15) is 105 Å². The van der Waals surface area contributed by atoms with Gasteiger partial charge in [0.25, 0.3) is 0 Å². The fourth-order valence-corrected chi connectivity index (χ4v) is 5.62. The molecule has 2 nitrogen and oxygen atoms in total. The molecule has 0 aromatic carbocycles. The summed E-state index contributed by atoms with van der Waals surface area (Å²) in [6.45, 7) is 13.1. The molecule has 0 aromatic rings. The molecule has 0 heterocycles. The van der Waals surface area contributed by atoms with Crippen molar-refractivity contribution in [1.29, 1.82) is 0 Å². The minimum absolute atomic E-state index is 0.700. The average Bonchev–Trinajstić information content (AvgIpc) is 2.62. The van der Waals surface area contributed by atoms with Crippen molar-refractivity contribution in [2.45, 2.75) is 117 Å². The van der Waals surface area contributed by atoms with Crippen LogP contribution < -0.4 is 0 Å². The molecule has 0 aliphatic rings. The van der Waals surface area contributed by atoms with Gasteiger partial charge in [0.1, 0.15) is 0 Å². The molecule has 0 saturated carbocycles. The lowest BCUT2D eigenvalue weighted by molar-refractivity contribution is 0.140. The van der Waals surface area contributed by atoms with Crippen molar-refractivity contribution in [2.24, 2.45) is 5.92 Å². The van der Waals surface area contributed by atoms with Gasteiger partial charge in [0.15, 0.2) is 0 Å². The van der Waals surface area contributed by atoms with E-state index < -0.39 is 8.56 Å². The molecule has 24 heavy (non-hydrogen) atoms. The lowest BCUT2D eigenvalue weighted by Crippen LogP contribution is -2.42. The van der Waals surface area contributed by atoms with Crippen LogP contribution in [0.3, 0.4) is 0 Å². The molecule has 0 fully saturated rings. The first-order valence-electron chi connectivity index (χ1n) is 11.0. The normalized spacial score (nSPS) is 12.2. The van der Waals surface area contributed by atoms with Gasteiger partial charge >= 0.3 is 8.56 Å². The number of hydrogen-bond donors (Lipinski definition) is 0. The highest BCUT2D eigenvalue weighted by atomic mass is 28.4. The maximum atomic E-state index is 6.37. The van der Waals surface area contributed by atoms with E-state index in [-0.39, 0.29) is 0 Å². The average molecular weight is 359 g/mol. The SMILES string of the molecule is CCCCCCCCCCCO[Si](CC)(CC)OCC(CC)CC. The highest BCUT2D eigenvalue weighted by molar-refractivity contribution is 6.67. The van der Waals surface area contributed by atoms with Crippen LogP contribution in [0.25, 0.3) is 0 Å². The van der Waals surface area contributed by atoms with Gasteiger partial charge in [0.05, 0.1) is 0 Å². The Morgan fingerprint density at radius 1 is 0.625 bits per heavy atom. The van der Waals surface area contributed by atoms with Gasteiger partial charge in [-0.3, -0.25) is 0 Å². The second kappa shape index (κ2) is 16.6. The molecule has 0 saturated heterocycles. The lowest BCUT2D eigenvalue weighted by atomic mass is 10.1. The molecule has 0 bridgehead atoms. The van der Waals surface area contributed by atoms with Crippen molar-refractivity contribution >= 4 is 8.56 Å². The van der Waals surface area contributed by atoms with Gasteiger partial charge in [-0.05, 0) is 24.4 Å². The van der Waals surface area contributed by atoms with Crippen molar-refractivity contribution in [3.05, 3.63) is 0 Å². The van der Waals surface area contributed by atoms with Crippen LogP contribution in [0.15, 0.2) is 0 Å². The summed E-state index contributed by atoms with van der Waals surface area (Å²) in [5.74, 6) is 0.700. The highest BCUT2D eigenvalue weighted by Crippen LogP contribution is 2.22. The molecule has 0 rings (SSSR count). The Morgan fingerprint density at radius 2 is 1.12 bits per heavy atom. The molecule has 0 aliphatic carbocycles. The first-order chi connectivity index (χ1) is 11.7. The van der Waals surface area contributed by atoms with E-state index in [1.165, 1.54) is 70.6 Å². The molecule has 0 amide bonds. The van der Waals surface area contributed by atoms with E-state index in [1.54, 1.807) is 0 Å². The zero-order valence-corrected chi connectivity index (χ0v) is 18.5. The van der Waals surface area contributed by atoms with Crippen molar-refractivity contribution in [3.8, 4) is 0 Å². The maximum Gasteiger partial charge on any atom is 0.337 e. The summed E-state index contributed by atoms with van der Waals surface area (Å²) in [4.78, 5) is 0. The van der Waals surface area contributed by atoms with Gasteiger partial charge in [-0.15, -0.1) is 0 Å². The van der Waals surface area contributed by atoms with E-state index in [0.717, 1.165) is 25.3 Å². The highest BCUT2D eigenvalue weighted by Gasteiger charge is 2.33. The Labute approximate surface area is 154 Å². The topological polar surface area (TPSA) is 18.5 Å². The summed E-state index contributed by atoms with van der Waals surface area (Å²) in [6, 6.07) is 2.17. The van der Waals surface area contributed by atoms with E-state index >= 15 is 0 Å². The van der Waals surface area contributed by atoms with Gasteiger partial charge < -0.3 is 8.85 Å². The summed E-state index contributed by atoms with van der Waals surface area (Å²) >= 11 is 0. The van der Waals surface area contributed by atoms with Crippen molar-refractivity contribution in [1.82, 2.24) is 0 Å². The van der Waals surface area contributed by atoms with E-state index in [1.807, 2.05) is 0 Å². The fourth-order valence-electron chi connectivity index (χ4n) is 3.16. The van der Waals surface area contributed by atoms with E-state index in [4.69, 9.17) is 8.85 Å². The molecule has 3 heteroatoms. The van der Waals surface area contributed by atoms with Crippen LogP contribution in [0.5, 0.6) is 0 Å². The largest absolute Gasteiger partial charge is 0.394 e. The standard InChI is InChI=1S/C21H46O2Si/c1-6-11-12-13-14-15-16-17-18-19-22-24(9-4,10-5)23-20-21(7-2)8-3/h21H,6-20H2,1-5H3. The second-order valence-electron chi connectivity index (χ2n) is 7.29. The summed E-state index contributed by atoms with van der Waals surface area (Å²) in [7, 11) is -1.93. The molecule has 0 aromatic heterocycles. The lowest BCUT2D eigenvalue weighted by Gasteiger charge is -2.30. The molecule has 146 valence electrons. The van der Waals surface area contributed by atoms with Crippen LogP contribution in [-0.4, -0.2) is 21.8 Å². The summed E-state index contributed by atoms with van der Waals surface area (Å²) in [5.41, 5.74) is 0. The number of hydrogen-bond acceptors (Lipinski definition) is 2. The summed E-state index contributed by atoms with van der Waals surface area (Å²) < 4.78 is 12.7. The predicted octanol–water partition coefficient (Wildman–Crippen LogP) is 7.47.